The highest BCUT2D eigenvalue weighted by molar-refractivity contribution is 7.81. The van der Waals surface area contributed by atoms with Gasteiger partial charge in [0.05, 0.1) is 6.10 Å². The zero-order valence-corrected chi connectivity index (χ0v) is 12.2. The van der Waals surface area contributed by atoms with E-state index in [2.05, 4.69) is 32.2 Å². The minimum absolute atomic E-state index is 0.112. The highest BCUT2D eigenvalue weighted by Gasteiger charge is 2.25. The topological polar surface area (TPSA) is 37.3 Å². The van der Waals surface area contributed by atoms with Gasteiger partial charge in [-0.25, -0.2) is 0 Å². The summed E-state index contributed by atoms with van der Waals surface area (Å²) in [4.78, 5) is 11.0. The van der Waals surface area contributed by atoms with Crippen molar-refractivity contribution in [1.29, 1.82) is 0 Å². The maximum Gasteiger partial charge on any atom is 0.131 e. The Kier molecular flexibility index (Phi) is 7.77. The zero-order valence-electron chi connectivity index (χ0n) is 10.4. The predicted molar refractivity (Wildman–Crippen MR) is 75.6 cm³/mol. The monoisotopic (exact) mass is 264 g/mol. The van der Waals surface area contributed by atoms with Crippen molar-refractivity contribution in [2.24, 2.45) is 0 Å². The molecular formula is C12H24O2S2. The van der Waals surface area contributed by atoms with E-state index >= 15 is 0 Å². The van der Waals surface area contributed by atoms with Crippen molar-refractivity contribution in [2.45, 2.75) is 69.0 Å². The smallest absolute Gasteiger partial charge is 0.131 e. The van der Waals surface area contributed by atoms with Gasteiger partial charge in [0.1, 0.15) is 5.78 Å². The van der Waals surface area contributed by atoms with Crippen LogP contribution in [-0.4, -0.2) is 27.0 Å². The molecule has 0 spiro atoms. The predicted octanol–water partition coefficient (Wildman–Crippen LogP) is 2.89. The third-order valence-electron chi connectivity index (χ3n) is 2.47. The molecule has 0 bridgehead atoms. The molecule has 1 N–H and O–H groups in total. The summed E-state index contributed by atoms with van der Waals surface area (Å²) in [6.45, 7) is 5.56. The van der Waals surface area contributed by atoms with Crippen LogP contribution < -0.4 is 0 Å². The van der Waals surface area contributed by atoms with Gasteiger partial charge in [0.15, 0.2) is 0 Å². The van der Waals surface area contributed by atoms with Crippen LogP contribution in [0.4, 0.5) is 0 Å². The van der Waals surface area contributed by atoms with Crippen LogP contribution in [0, 0.1) is 0 Å². The summed E-state index contributed by atoms with van der Waals surface area (Å²) in [5.41, 5.74) is 0. The van der Waals surface area contributed by atoms with Gasteiger partial charge in [-0.15, -0.1) is 0 Å². The Labute approximate surface area is 110 Å². The summed E-state index contributed by atoms with van der Waals surface area (Å²) in [7, 11) is 0. The van der Waals surface area contributed by atoms with Crippen LogP contribution in [-0.2, 0) is 4.79 Å². The highest BCUT2D eigenvalue weighted by atomic mass is 32.1. The van der Waals surface area contributed by atoms with Gasteiger partial charge in [0, 0.05) is 16.4 Å². The lowest BCUT2D eigenvalue weighted by Crippen LogP contribution is -2.28. The minimum Gasteiger partial charge on any atom is -0.393 e. The molecule has 0 aromatic carbocycles. The SMILES string of the molecule is CCCC(S)CC(O)CC(C)(S)CC(C)=O. The average Bonchev–Trinajstić information content (AvgIpc) is 1.98. The molecule has 0 saturated heterocycles. The van der Waals surface area contributed by atoms with E-state index in [1.165, 1.54) is 0 Å². The van der Waals surface area contributed by atoms with Crippen LogP contribution in [0.1, 0.15) is 52.9 Å². The second-order valence-corrected chi connectivity index (χ2v) is 6.72. The van der Waals surface area contributed by atoms with E-state index in [-0.39, 0.29) is 11.0 Å². The quantitative estimate of drug-likeness (QED) is 0.590. The first-order chi connectivity index (χ1) is 7.26. The van der Waals surface area contributed by atoms with Crippen molar-refractivity contribution < 1.29 is 9.90 Å². The number of hydrogen-bond donors (Lipinski definition) is 3. The number of aliphatic hydroxyl groups is 1. The molecule has 0 aromatic rings. The van der Waals surface area contributed by atoms with E-state index in [4.69, 9.17) is 0 Å². The molecule has 0 aliphatic heterocycles. The van der Waals surface area contributed by atoms with Crippen molar-refractivity contribution in [1.82, 2.24) is 0 Å². The van der Waals surface area contributed by atoms with Gasteiger partial charge in [-0.05, 0) is 26.2 Å². The Morgan fingerprint density at radius 2 is 2.06 bits per heavy atom. The lowest BCUT2D eigenvalue weighted by molar-refractivity contribution is -0.117. The first-order valence-corrected chi connectivity index (χ1v) is 6.81. The van der Waals surface area contributed by atoms with Crippen molar-refractivity contribution in [2.75, 3.05) is 0 Å². The van der Waals surface area contributed by atoms with Gasteiger partial charge in [0.25, 0.3) is 0 Å². The normalized spacial score (nSPS) is 18.9. The molecule has 4 heteroatoms. The van der Waals surface area contributed by atoms with Crippen molar-refractivity contribution >= 4 is 31.0 Å². The Morgan fingerprint density at radius 3 is 2.50 bits per heavy atom. The molecule has 96 valence electrons. The molecule has 2 nitrogen and oxygen atoms in total. The Balaban J connectivity index is 4.02. The van der Waals surface area contributed by atoms with E-state index in [1.54, 1.807) is 6.92 Å². The molecule has 0 rings (SSSR count). The van der Waals surface area contributed by atoms with Crippen LogP contribution in [0.25, 0.3) is 0 Å². The summed E-state index contributed by atoms with van der Waals surface area (Å²) in [6.07, 6.45) is 3.28. The fourth-order valence-corrected chi connectivity index (χ4v) is 2.90. The number of Topliss-reactive ketones (excluding diaryl/α,β-unsaturated/α-hetero) is 1. The maximum atomic E-state index is 11.0. The molecule has 0 aliphatic carbocycles. The Bertz CT molecular complexity index is 217. The Morgan fingerprint density at radius 1 is 1.50 bits per heavy atom. The number of carbonyl (C=O) groups is 1. The molecule has 0 heterocycles. The molecule has 0 aliphatic rings. The second kappa shape index (κ2) is 7.62. The minimum atomic E-state index is -0.420. The van der Waals surface area contributed by atoms with Crippen molar-refractivity contribution in [3.8, 4) is 0 Å². The molecular weight excluding hydrogens is 240 g/mol. The lowest BCUT2D eigenvalue weighted by Gasteiger charge is -2.26. The summed E-state index contributed by atoms with van der Waals surface area (Å²) in [5, 5.41) is 10.1. The van der Waals surface area contributed by atoms with E-state index < -0.39 is 10.9 Å². The fourth-order valence-electron chi connectivity index (χ4n) is 1.96. The highest BCUT2D eigenvalue weighted by Crippen LogP contribution is 2.27. The number of ketones is 1. The summed E-state index contributed by atoms with van der Waals surface area (Å²) in [5.74, 6) is 0.112. The van der Waals surface area contributed by atoms with Crippen LogP contribution in [0.2, 0.25) is 0 Å². The first-order valence-electron chi connectivity index (χ1n) is 5.84. The summed E-state index contributed by atoms with van der Waals surface area (Å²) >= 11 is 8.85. The van der Waals surface area contributed by atoms with Gasteiger partial charge in [-0.1, -0.05) is 20.3 Å². The van der Waals surface area contributed by atoms with E-state index in [0.29, 0.717) is 19.3 Å². The molecule has 16 heavy (non-hydrogen) atoms. The standard InChI is InChI=1S/C12H24O2S2/c1-4-5-11(15)6-10(14)8-12(3,16)7-9(2)13/h10-11,14-16H,4-8H2,1-3H3. The fraction of sp³-hybridized carbons (Fsp3) is 0.917. The molecule has 0 fully saturated rings. The average molecular weight is 264 g/mol. The molecule has 0 aromatic heterocycles. The van der Waals surface area contributed by atoms with E-state index in [0.717, 1.165) is 12.8 Å². The lowest BCUT2D eigenvalue weighted by atomic mass is 9.94. The van der Waals surface area contributed by atoms with Crippen LogP contribution in [0.5, 0.6) is 0 Å². The van der Waals surface area contributed by atoms with Crippen LogP contribution in [0.15, 0.2) is 0 Å². The second-order valence-electron chi connectivity index (χ2n) is 4.91. The van der Waals surface area contributed by atoms with Gasteiger partial charge in [-0.2, -0.15) is 25.3 Å². The Hall–Kier alpha value is 0.330. The van der Waals surface area contributed by atoms with Gasteiger partial charge in [0.2, 0.25) is 0 Å². The molecule has 3 atom stereocenters. The zero-order chi connectivity index (χ0) is 12.8. The van der Waals surface area contributed by atoms with Gasteiger partial charge >= 0.3 is 0 Å². The summed E-state index contributed by atoms with van der Waals surface area (Å²) in [6, 6.07) is 0. The van der Waals surface area contributed by atoms with Crippen molar-refractivity contribution in [3.63, 3.8) is 0 Å². The first kappa shape index (κ1) is 16.3. The van der Waals surface area contributed by atoms with Crippen LogP contribution in [0.3, 0.4) is 0 Å². The maximum absolute atomic E-state index is 11.0. The number of aliphatic hydroxyl groups excluding tert-OH is 1. The van der Waals surface area contributed by atoms with Crippen LogP contribution >= 0.6 is 25.3 Å². The van der Waals surface area contributed by atoms with Gasteiger partial charge < -0.3 is 5.11 Å². The van der Waals surface area contributed by atoms with E-state index in [1.807, 2.05) is 6.92 Å². The summed E-state index contributed by atoms with van der Waals surface area (Å²) < 4.78 is -0.412. The van der Waals surface area contributed by atoms with Gasteiger partial charge in [-0.3, -0.25) is 4.79 Å². The number of thiol groups is 2. The molecule has 0 radical (unpaired) electrons. The van der Waals surface area contributed by atoms with E-state index in [9.17, 15) is 9.90 Å². The number of hydrogen-bond acceptors (Lipinski definition) is 4. The number of rotatable bonds is 8. The molecule has 0 amide bonds. The third-order valence-corrected chi connectivity index (χ3v) is 3.28. The molecule has 0 saturated carbocycles. The number of carbonyl (C=O) groups excluding carboxylic acids is 1. The molecule has 3 unspecified atom stereocenters. The van der Waals surface area contributed by atoms with Crippen molar-refractivity contribution in [3.05, 3.63) is 0 Å². The largest absolute Gasteiger partial charge is 0.393 e. The third kappa shape index (κ3) is 8.48.